The molecule has 0 spiro atoms. The van der Waals surface area contributed by atoms with E-state index in [9.17, 15) is 9.90 Å². The van der Waals surface area contributed by atoms with Crippen molar-refractivity contribution >= 4 is 22.7 Å². The zero-order valence-electron chi connectivity index (χ0n) is 11.4. The molecule has 0 bridgehead atoms. The first-order chi connectivity index (χ1) is 9.70. The molecular formula is C15H17N3O2. The Hall–Kier alpha value is -2.17. The Kier molecular flexibility index (Phi) is 3.26. The molecule has 1 aliphatic carbocycles. The van der Waals surface area contributed by atoms with Crippen LogP contribution in [0.3, 0.4) is 0 Å². The lowest BCUT2D eigenvalue weighted by molar-refractivity contribution is 0.0684. The zero-order chi connectivity index (χ0) is 14.1. The molecule has 0 amide bonds. The normalized spacial score (nSPS) is 14.4. The predicted molar refractivity (Wildman–Crippen MR) is 77.2 cm³/mol. The first kappa shape index (κ1) is 12.8. The number of carboxylic acids is 1. The number of nitrogens with zero attached hydrogens (tertiary/aromatic N) is 3. The van der Waals surface area contributed by atoms with Crippen molar-refractivity contribution in [3.63, 3.8) is 0 Å². The highest BCUT2D eigenvalue weighted by Crippen LogP contribution is 2.34. The van der Waals surface area contributed by atoms with E-state index in [1.54, 1.807) is 0 Å². The van der Waals surface area contributed by atoms with Crippen LogP contribution in [0.15, 0.2) is 24.3 Å². The van der Waals surface area contributed by atoms with Gasteiger partial charge in [0.05, 0.1) is 5.52 Å². The Morgan fingerprint density at radius 1 is 1.35 bits per heavy atom. The van der Waals surface area contributed by atoms with E-state index in [0.717, 1.165) is 37.0 Å². The summed E-state index contributed by atoms with van der Waals surface area (Å²) in [5.41, 5.74) is 0.691. The molecule has 0 atom stereocenters. The Bertz CT molecular complexity index is 653. The van der Waals surface area contributed by atoms with E-state index in [0.29, 0.717) is 11.6 Å². The van der Waals surface area contributed by atoms with E-state index < -0.39 is 5.97 Å². The molecule has 1 N–H and O–H groups in total. The van der Waals surface area contributed by atoms with Gasteiger partial charge >= 0.3 is 5.97 Å². The average molecular weight is 271 g/mol. The van der Waals surface area contributed by atoms with Crippen molar-refractivity contribution in [1.82, 2.24) is 9.97 Å². The molecule has 3 rings (SSSR count). The molecule has 104 valence electrons. The maximum Gasteiger partial charge on any atom is 0.374 e. The molecule has 1 aromatic heterocycles. The minimum absolute atomic E-state index is 0.125. The fraction of sp³-hybridized carbons (Fsp3) is 0.400. The number of carboxylic acid groups (broad SMARTS) is 1. The molecule has 20 heavy (non-hydrogen) atoms. The molecule has 1 heterocycles. The van der Waals surface area contributed by atoms with E-state index in [1.807, 2.05) is 24.3 Å². The summed E-state index contributed by atoms with van der Waals surface area (Å²) in [4.78, 5) is 21.9. The van der Waals surface area contributed by atoms with Crippen molar-refractivity contribution in [1.29, 1.82) is 0 Å². The number of aromatic carboxylic acids is 1. The second kappa shape index (κ2) is 5.07. The lowest BCUT2D eigenvalue weighted by atomic mass is 10.2. The number of hydrogen-bond donors (Lipinski definition) is 1. The van der Waals surface area contributed by atoms with Crippen LogP contribution in [-0.4, -0.2) is 33.6 Å². The third kappa shape index (κ3) is 2.31. The highest BCUT2D eigenvalue weighted by Gasteiger charge is 2.31. The molecule has 0 radical (unpaired) electrons. The number of hydrogen-bond acceptors (Lipinski definition) is 4. The Morgan fingerprint density at radius 3 is 2.75 bits per heavy atom. The largest absolute Gasteiger partial charge is 0.475 e. The maximum absolute atomic E-state index is 11.2. The van der Waals surface area contributed by atoms with Crippen LogP contribution >= 0.6 is 0 Å². The van der Waals surface area contributed by atoms with E-state index in [4.69, 9.17) is 0 Å². The van der Waals surface area contributed by atoms with Gasteiger partial charge in [0.1, 0.15) is 5.82 Å². The van der Waals surface area contributed by atoms with Gasteiger partial charge in [-0.05, 0) is 31.4 Å². The van der Waals surface area contributed by atoms with Gasteiger partial charge in [0.15, 0.2) is 0 Å². The van der Waals surface area contributed by atoms with Crippen LogP contribution in [0, 0.1) is 0 Å². The van der Waals surface area contributed by atoms with E-state index in [-0.39, 0.29) is 5.82 Å². The maximum atomic E-state index is 11.2. The van der Waals surface area contributed by atoms with E-state index >= 15 is 0 Å². The van der Waals surface area contributed by atoms with Crippen LogP contribution in [-0.2, 0) is 0 Å². The topological polar surface area (TPSA) is 66.3 Å². The Morgan fingerprint density at radius 2 is 2.10 bits per heavy atom. The highest BCUT2D eigenvalue weighted by molar-refractivity contribution is 5.94. The zero-order valence-corrected chi connectivity index (χ0v) is 11.4. The SMILES string of the molecule is CCCN(c1nc(C(=O)O)nc2ccccc12)C1CC1. The molecule has 0 saturated heterocycles. The van der Waals surface area contributed by atoms with Crippen molar-refractivity contribution < 1.29 is 9.90 Å². The second-order valence-electron chi connectivity index (χ2n) is 5.12. The average Bonchev–Trinajstić information content (AvgIpc) is 3.28. The molecular weight excluding hydrogens is 254 g/mol. The van der Waals surface area contributed by atoms with Crippen molar-refractivity contribution in [3.05, 3.63) is 30.1 Å². The van der Waals surface area contributed by atoms with Gasteiger partial charge < -0.3 is 10.0 Å². The smallest absolute Gasteiger partial charge is 0.374 e. The summed E-state index contributed by atoms with van der Waals surface area (Å²) >= 11 is 0. The molecule has 1 aliphatic rings. The van der Waals surface area contributed by atoms with E-state index in [2.05, 4.69) is 21.8 Å². The number of para-hydroxylation sites is 1. The third-order valence-corrected chi connectivity index (χ3v) is 3.50. The molecule has 1 aromatic carbocycles. The van der Waals surface area contributed by atoms with Gasteiger partial charge in [-0.2, -0.15) is 0 Å². The quantitative estimate of drug-likeness (QED) is 0.905. The van der Waals surface area contributed by atoms with Gasteiger partial charge in [0, 0.05) is 18.0 Å². The molecule has 5 nitrogen and oxygen atoms in total. The van der Waals surface area contributed by atoms with Crippen molar-refractivity contribution in [2.45, 2.75) is 32.2 Å². The van der Waals surface area contributed by atoms with Crippen LogP contribution in [0.5, 0.6) is 0 Å². The van der Waals surface area contributed by atoms with E-state index in [1.165, 1.54) is 0 Å². The second-order valence-corrected chi connectivity index (χ2v) is 5.12. The lowest BCUT2D eigenvalue weighted by Crippen LogP contribution is -2.28. The van der Waals surface area contributed by atoms with Crippen molar-refractivity contribution in [2.75, 3.05) is 11.4 Å². The first-order valence-electron chi connectivity index (χ1n) is 6.97. The summed E-state index contributed by atoms with van der Waals surface area (Å²) < 4.78 is 0. The lowest BCUT2D eigenvalue weighted by Gasteiger charge is -2.24. The Balaban J connectivity index is 2.17. The number of fused-ring (bicyclic) bond motifs is 1. The number of anilines is 1. The molecule has 0 aliphatic heterocycles. The van der Waals surface area contributed by atoms with Gasteiger partial charge in [0.2, 0.25) is 5.82 Å². The summed E-state index contributed by atoms with van der Waals surface area (Å²) in [5, 5.41) is 10.1. The minimum Gasteiger partial charge on any atom is -0.475 e. The van der Waals surface area contributed by atoms with Crippen LogP contribution in [0.1, 0.15) is 36.8 Å². The molecule has 0 unspecified atom stereocenters. The van der Waals surface area contributed by atoms with Gasteiger partial charge in [-0.25, -0.2) is 14.8 Å². The van der Waals surface area contributed by atoms with Crippen molar-refractivity contribution in [2.24, 2.45) is 0 Å². The Labute approximate surface area is 117 Å². The van der Waals surface area contributed by atoms with Crippen LogP contribution in [0.2, 0.25) is 0 Å². The fourth-order valence-corrected chi connectivity index (χ4v) is 2.46. The summed E-state index contributed by atoms with van der Waals surface area (Å²) in [7, 11) is 0. The summed E-state index contributed by atoms with van der Waals surface area (Å²) in [5.74, 6) is -0.443. The first-order valence-corrected chi connectivity index (χ1v) is 6.97. The van der Waals surface area contributed by atoms with Gasteiger partial charge in [0.25, 0.3) is 0 Å². The van der Waals surface area contributed by atoms with Crippen LogP contribution in [0.4, 0.5) is 5.82 Å². The van der Waals surface area contributed by atoms with Crippen molar-refractivity contribution in [3.8, 4) is 0 Å². The van der Waals surface area contributed by atoms with Crippen LogP contribution < -0.4 is 4.90 Å². The third-order valence-electron chi connectivity index (χ3n) is 3.50. The predicted octanol–water partition coefficient (Wildman–Crippen LogP) is 2.71. The summed E-state index contributed by atoms with van der Waals surface area (Å²) in [6.07, 6.45) is 3.32. The summed E-state index contributed by atoms with van der Waals surface area (Å²) in [6.45, 7) is 3.02. The molecule has 2 aromatic rings. The molecule has 5 heteroatoms. The van der Waals surface area contributed by atoms with Gasteiger partial charge in [-0.3, -0.25) is 0 Å². The monoisotopic (exact) mass is 271 g/mol. The van der Waals surface area contributed by atoms with Gasteiger partial charge in [-0.15, -0.1) is 0 Å². The number of aromatic nitrogens is 2. The molecule has 1 fully saturated rings. The van der Waals surface area contributed by atoms with Gasteiger partial charge in [-0.1, -0.05) is 19.1 Å². The minimum atomic E-state index is -1.08. The highest BCUT2D eigenvalue weighted by atomic mass is 16.4. The number of benzene rings is 1. The van der Waals surface area contributed by atoms with Crippen LogP contribution in [0.25, 0.3) is 10.9 Å². The summed E-state index contributed by atoms with van der Waals surface area (Å²) in [6, 6.07) is 8.10. The standard InChI is InChI=1S/C15H17N3O2/c1-2-9-18(10-7-8-10)14-11-5-3-4-6-12(11)16-13(17-14)15(19)20/h3-6,10H,2,7-9H2,1H3,(H,19,20). The fourth-order valence-electron chi connectivity index (χ4n) is 2.46. The molecule has 1 saturated carbocycles. The number of rotatable bonds is 5. The number of carbonyl (C=O) groups is 1.